The molecule has 0 radical (unpaired) electrons. The second-order valence-corrected chi connectivity index (χ2v) is 8.84. The van der Waals surface area contributed by atoms with E-state index in [0.29, 0.717) is 23.0 Å². The van der Waals surface area contributed by atoms with E-state index in [2.05, 4.69) is 10.1 Å². The van der Waals surface area contributed by atoms with Crippen molar-refractivity contribution < 1.29 is 14.1 Å². The van der Waals surface area contributed by atoms with Crippen molar-refractivity contribution in [2.24, 2.45) is 10.7 Å². The zero-order valence-corrected chi connectivity index (χ0v) is 19.3. The molecule has 0 atom stereocenters. The molecule has 1 aliphatic heterocycles. The van der Waals surface area contributed by atoms with E-state index in [-0.39, 0.29) is 11.9 Å². The van der Waals surface area contributed by atoms with E-state index in [1.807, 2.05) is 73.3 Å². The molecule has 7 heteroatoms. The van der Waals surface area contributed by atoms with Crippen LogP contribution in [0.4, 0.5) is 5.88 Å². The Morgan fingerprint density at radius 1 is 1.09 bits per heavy atom. The number of ketones is 1. The first-order valence-corrected chi connectivity index (χ1v) is 11.2. The average Bonchev–Trinajstić information content (AvgIpc) is 3.33. The lowest BCUT2D eigenvalue weighted by molar-refractivity contribution is 0.0576. The topological polar surface area (TPSA) is 94.0 Å². The first-order valence-electron chi connectivity index (χ1n) is 11.2. The number of rotatable bonds is 6. The van der Waals surface area contributed by atoms with Gasteiger partial charge in [0.15, 0.2) is 11.7 Å². The molecule has 1 fully saturated rings. The van der Waals surface area contributed by atoms with Crippen molar-refractivity contribution in [3.63, 3.8) is 0 Å². The number of likely N-dealkylation sites (tertiary alicyclic amines) is 1. The molecule has 0 bridgehead atoms. The number of carbonyl (C=O) groups is 1. The fourth-order valence-electron chi connectivity index (χ4n) is 4.07. The summed E-state index contributed by atoms with van der Waals surface area (Å²) in [6, 6.07) is 18.7. The highest BCUT2D eigenvalue weighted by atomic mass is 16.5. The maximum absolute atomic E-state index is 12.9. The first-order chi connectivity index (χ1) is 15.9. The normalized spacial score (nSPS) is 15.6. The number of aromatic nitrogens is 1. The number of aliphatic imine (C=N–C) groups is 1. The molecule has 7 nitrogen and oxygen atoms in total. The number of nitrogens with two attached hydrogens (primary N) is 1. The van der Waals surface area contributed by atoms with E-state index >= 15 is 0 Å². The molecule has 1 saturated heterocycles. The molecule has 0 amide bonds. The Balaban J connectivity index is 1.52. The molecular weight excluding hydrogens is 416 g/mol. The maximum atomic E-state index is 12.9. The van der Waals surface area contributed by atoms with E-state index in [1.54, 1.807) is 13.2 Å². The summed E-state index contributed by atoms with van der Waals surface area (Å²) in [6.45, 7) is 5.68. The number of guanidine groups is 1. The van der Waals surface area contributed by atoms with Gasteiger partial charge in [-0.1, -0.05) is 67.5 Å². The van der Waals surface area contributed by atoms with Gasteiger partial charge in [-0.15, -0.1) is 0 Å². The lowest BCUT2D eigenvalue weighted by Gasteiger charge is -2.31. The highest BCUT2D eigenvalue weighted by Gasteiger charge is 2.28. The van der Waals surface area contributed by atoms with Gasteiger partial charge in [-0.05, 0) is 24.5 Å². The van der Waals surface area contributed by atoms with Crippen molar-refractivity contribution >= 4 is 17.6 Å². The predicted octanol–water partition coefficient (Wildman–Crippen LogP) is 4.29. The molecule has 1 aliphatic rings. The molecule has 3 aromatic rings. The van der Waals surface area contributed by atoms with Crippen LogP contribution < -0.4 is 5.73 Å². The van der Waals surface area contributed by atoms with Crippen molar-refractivity contribution in [2.45, 2.75) is 38.2 Å². The first kappa shape index (κ1) is 22.7. The van der Waals surface area contributed by atoms with Crippen LogP contribution in [0.2, 0.25) is 0 Å². The monoisotopic (exact) mass is 446 g/mol. The number of methoxy groups -OCH3 is 1. The van der Waals surface area contributed by atoms with Gasteiger partial charge in [-0.2, -0.15) is 4.99 Å². The van der Waals surface area contributed by atoms with Crippen molar-refractivity contribution in [3.05, 3.63) is 83.0 Å². The molecule has 172 valence electrons. The van der Waals surface area contributed by atoms with Gasteiger partial charge >= 0.3 is 0 Å². The Labute approximate surface area is 194 Å². The largest absolute Gasteiger partial charge is 0.381 e. The quantitative estimate of drug-likeness (QED) is 0.345. The van der Waals surface area contributed by atoms with Crippen LogP contribution in [0.3, 0.4) is 0 Å². The summed E-state index contributed by atoms with van der Waals surface area (Å²) in [5.74, 6) is 0.769. The minimum atomic E-state index is -0.490. The van der Waals surface area contributed by atoms with Gasteiger partial charge in [0.1, 0.15) is 0 Å². The number of hydrogen-bond donors (Lipinski definition) is 1. The molecular formula is C26H30N4O3. The molecule has 2 N–H and O–H groups in total. The van der Waals surface area contributed by atoms with Crippen LogP contribution in [0.15, 0.2) is 70.2 Å². The number of ether oxygens (including phenoxy) is 1. The van der Waals surface area contributed by atoms with Gasteiger partial charge in [-0.3, -0.25) is 4.79 Å². The number of nitrogens with zero attached hydrogens (tertiary/aromatic N) is 3. The fraction of sp³-hybridized carbons (Fsp3) is 0.346. The van der Waals surface area contributed by atoms with Gasteiger partial charge in [0.25, 0.3) is 5.88 Å². The van der Waals surface area contributed by atoms with E-state index in [1.165, 1.54) is 0 Å². The van der Waals surface area contributed by atoms with Crippen LogP contribution in [-0.4, -0.2) is 48.1 Å². The third-order valence-electron chi connectivity index (χ3n) is 6.34. The van der Waals surface area contributed by atoms with Gasteiger partial charge in [-0.25, -0.2) is 0 Å². The zero-order chi connectivity index (χ0) is 23.4. The van der Waals surface area contributed by atoms with Gasteiger partial charge in [0.05, 0.1) is 11.8 Å². The smallest absolute Gasteiger partial charge is 0.253 e. The lowest BCUT2D eigenvalue weighted by atomic mass is 9.80. The summed E-state index contributed by atoms with van der Waals surface area (Å²) in [5, 5.41) is 4.26. The predicted molar refractivity (Wildman–Crippen MR) is 128 cm³/mol. The van der Waals surface area contributed by atoms with Gasteiger partial charge < -0.3 is 19.9 Å². The van der Waals surface area contributed by atoms with Crippen LogP contribution in [0, 0.1) is 0 Å². The number of hydrogen-bond acceptors (Lipinski definition) is 5. The Morgan fingerprint density at radius 2 is 1.79 bits per heavy atom. The van der Waals surface area contributed by atoms with Crippen LogP contribution >= 0.6 is 0 Å². The average molecular weight is 447 g/mol. The molecule has 2 aromatic carbocycles. The van der Waals surface area contributed by atoms with E-state index < -0.39 is 5.41 Å². The Morgan fingerprint density at radius 3 is 2.48 bits per heavy atom. The molecule has 0 aliphatic carbocycles. The minimum absolute atomic E-state index is 0.0105. The van der Waals surface area contributed by atoms with Crippen LogP contribution in [0.1, 0.15) is 53.9 Å². The highest BCUT2D eigenvalue weighted by molar-refractivity contribution is 6.09. The second-order valence-electron chi connectivity index (χ2n) is 8.84. The molecule has 2 heterocycles. The van der Waals surface area contributed by atoms with Crippen molar-refractivity contribution in [2.75, 3.05) is 20.2 Å². The number of piperidine rings is 1. The van der Waals surface area contributed by atoms with E-state index in [9.17, 15) is 4.79 Å². The van der Waals surface area contributed by atoms with Gasteiger partial charge in [0.2, 0.25) is 0 Å². The zero-order valence-electron chi connectivity index (χ0n) is 19.3. The third kappa shape index (κ3) is 4.98. The van der Waals surface area contributed by atoms with Crippen LogP contribution in [0.5, 0.6) is 0 Å². The van der Waals surface area contributed by atoms with Crippen molar-refractivity contribution in [1.82, 2.24) is 10.1 Å². The number of carbonyl (C=O) groups excluding carboxylic acids is 1. The highest BCUT2D eigenvalue weighted by Crippen LogP contribution is 2.33. The van der Waals surface area contributed by atoms with E-state index in [0.717, 1.165) is 37.2 Å². The van der Waals surface area contributed by atoms with Crippen molar-refractivity contribution in [3.8, 4) is 0 Å². The summed E-state index contributed by atoms with van der Waals surface area (Å²) in [6.07, 6.45) is 2.11. The standard InChI is InChI=1S/C26H30N4O3/c1-26(2,20-11-7-10-19(16-20)24(31)18-8-5-4-6-9-18)22-17-23(33-29-22)28-25(27)30-14-12-21(32-3)13-15-30/h4-11,16-17,21H,12-15H2,1-3H3,(H2,27,28). The Hall–Kier alpha value is -3.45. The number of benzene rings is 2. The molecule has 1 aromatic heterocycles. The van der Waals surface area contributed by atoms with Gasteiger partial charge in [0, 0.05) is 42.8 Å². The molecule has 0 saturated carbocycles. The second kappa shape index (κ2) is 9.58. The van der Waals surface area contributed by atoms with Crippen molar-refractivity contribution in [1.29, 1.82) is 0 Å². The Bertz CT molecular complexity index is 1130. The molecule has 0 spiro atoms. The summed E-state index contributed by atoms with van der Waals surface area (Å²) in [5.41, 5.74) is 8.70. The maximum Gasteiger partial charge on any atom is 0.253 e. The third-order valence-corrected chi connectivity index (χ3v) is 6.34. The lowest BCUT2D eigenvalue weighted by Crippen LogP contribution is -2.44. The van der Waals surface area contributed by atoms with E-state index in [4.69, 9.17) is 15.0 Å². The summed E-state index contributed by atoms with van der Waals surface area (Å²) in [4.78, 5) is 19.4. The molecule has 0 unspecified atom stereocenters. The fourth-order valence-corrected chi connectivity index (χ4v) is 4.07. The molecule has 33 heavy (non-hydrogen) atoms. The van der Waals surface area contributed by atoms with Crippen LogP contribution in [-0.2, 0) is 10.2 Å². The summed E-state index contributed by atoms with van der Waals surface area (Å²) < 4.78 is 10.9. The SMILES string of the molecule is COC1CCN(C(N)=Nc2cc(C(C)(C)c3cccc(C(=O)c4ccccc4)c3)no2)CC1. The van der Waals surface area contributed by atoms with Crippen LogP contribution in [0.25, 0.3) is 0 Å². The summed E-state index contributed by atoms with van der Waals surface area (Å²) in [7, 11) is 1.74. The summed E-state index contributed by atoms with van der Waals surface area (Å²) >= 11 is 0. The Kier molecular flexibility index (Phi) is 6.60. The molecule has 4 rings (SSSR count). The minimum Gasteiger partial charge on any atom is -0.381 e.